The highest BCUT2D eigenvalue weighted by Gasteiger charge is 2.42. The number of nitrogens with two attached hydrogens (primary N) is 1. The van der Waals surface area contributed by atoms with E-state index in [4.69, 9.17) is 20.6 Å². The quantitative estimate of drug-likeness (QED) is 0.0512. The Morgan fingerprint density at radius 3 is 1.66 bits per heavy atom. The summed E-state index contributed by atoms with van der Waals surface area (Å²) in [6.07, 6.45) is 6.37. The molecule has 2 amide bonds. The number of fused-ring (bicyclic) bond motifs is 2. The summed E-state index contributed by atoms with van der Waals surface area (Å²) in [7, 11) is 0. The molecule has 2 saturated heterocycles. The van der Waals surface area contributed by atoms with Gasteiger partial charge < -0.3 is 30.4 Å². The fourth-order valence-electron chi connectivity index (χ4n) is 9.58. The van der Waals surface area contributed by atoms with E-state index in [-0.39, 0.29) is 29.5 Å². The van der Waals surface area contributed by atoms with Crippen LogP contribution in [0.2, 0.25) is 0 Å². The Balaban J connectivity index is 0.000000141. The van der Waals surface area contributed by atoms with E-state index >= 15 is 0 Å². The number of piperidine rings is 2. The van der Waals surface area contributed by atoms with Crippen LogP contribution < -0.4 is 5.73 Å². The summed E-state index contributed by atoms with van der Waals surface area (Å²) in [6, 6.07) is 44.1. The van der Waals surface area contributed by atoms with E-state index in [1.807, 2.05) is 101 Å². The minimum atomic E-state index is -0.728. The van der Waals surface area contributed by atoms with Crippen LogP contribution in [0.3, 0.4) is 0 Å². The predicted molar refractivity (Wildman–Crippen MR) is 259 cm³/mol. The van der Waals surface area contributed by atoms with Crippen LogP contribution in [0.4, 0.5) is 0 Å². The van der Waals surface area contributed by atoms with Gasteiger partial charge in [0.25, 0.3) is 0 Å². The Morgan fingerprint density at radius 2 is 1.12 bits per heavy atom. The van der Waals surface area contributed by atoms with Crippen LogP contribution in [0.1, 0.15) is 91.8 Å². The molecular formula is C54H56N8O6. The summed E-state index contributed by atoms with van der Waals surface area (Å²) < 4.78 is 5.60. The molecule has 14 nitrogen and oxygen atoms in total. The highest BCUT2D eigenvalue weighted by atomic mass is 16.5. The molecule has 0 radical (unpaired) electrons. The van der Waals surface area contributed by atoms with Crippen LogP contribution in [0.25, 0.3) is 33.3 Å². The number of carbonyl (C=O) groups is 3. The third-order valence-electron chi connectivity index (χ3n) is 13.8. The van der Waals surface area contributed by atoms with Crippen LogP contribution in [0.5, 0.6) is 0 Å². The number of pyridine rings is 2. The normalized spacial score (nSPS) is 20.4. The molecule has 4 fully saturated rings. The van der Waals surface area contributed by atoms with E-state index in [1.165, 1.54) is 11.1 Å². The average Bonchev–Trinajstić information content (AvgIpc) is 4.30. The van der Waals surface area contributed by atoms with Crippen molar-refractivity contribution in [2.75, 3.05) is 26.2 Å². The SMILES string of the molecule is N/C(=N\O)c1ccc2ccccc2n1.O=C(CC1CC1c1ccccc1)N1CCC(c2nc(-c3ccc4ccccc4n3)no2)CC1.O=C(O)C1CCN(C(=O)CC2CC2c2ccccc2)CC1. The van der Waals surface area contributed by atoms with Crippen molar-refractivity contribution < 1.29 is 29.2 Å². The lowest BCUT2D eigenvalue weighted by Crippen LogP contribution is -2.40. The van der Waals surface area contributed by atoms with Crippen molar-refractivity contribution in [3.63, 3.8) is 0 Å². The van der Waals surface area contributed by atoms with Crippen molar-refractivity contribution in [1.29, 1.82) is 0 Å². The Morgan fingerprint density at radius 1 is 0.618 bits per heavy atom. The van der Waals surface area contributed by atoms with E-state index in [2.05, 4.69) is 61.7 Å². The van der Waals surface area contributed by atoms with Gasteiger partial charge in [-0.25, -0.2) is 9.97 Å². The molecule has 4 unspecified atom stereocenters. The maximum Gasteiger partial charge on any atom is 0.306 e. The number of hydrogen-bond donors (Lipinski definition) is 3. The van der Waals surface area contributed by atoms with Gasteiger partial charge in [0.1, 0.15) is 11.4 Å². The number of aromatic nitrogens is 4. The number of benzene rings is 4. The van der Waals surface area contributed by atoms with E-state index in [0.717, 1.165) is 60.6 Å². The van der Waals surface area contributed by atoms with Gasteiger partial charge in [-0.3, -0.25) is 14.4 Å². The van der Waals surface area contributed by atoms with Gasteiger partial charge in [0.2, 0.25) is 23.5 Å². The molecule has 2 aliphatic heterocycles. The maximum atomic E-state index is 12.8. The Bertz CT molecular complexity index is 2880. The molecule has 0 spiro atoms. The van der Waals surface area contributed by atoms with Gasteiger partial charge in [-0.05, 0) is 97.6 Å². The van der Waals surface area contributed by atoms with Gasteiger partial charge in [0, 0.05) is 55.7 Å². The lowest BCUT2D eigenvalue weighted by Gasteiger charge is -2.30. The van der Waals surface area contributed by atoms with Gasteiger partial charge in [-0.1, -0.05) is 120 Å². The number of amidine groups is 1. The molecule has 4 N–H and O–H groups in total. The fraction of sp³-hybridized carbons (Fsp3) is 0.333. The summed E-state index contributed by atoms with van der Waals surface area (Å²) in [6.45, 7) is 2.69. The minimum Gasteiger partial charge on any atom is -0.481 e. The van der Waals surface area contributed by atoms with Crippen molar-refractivity contribution in [2.45, 2.75) is 69.1 Å². The molecule has 0 bridgehead atoms. The first-order valence-electron chi connectivity index (χ1n) is 23.6. The maximum absolute atomic E-state index is 12.8. The van der Waals surface area contributed by atoms with E-state index in [9.17, 15) is 14.4 Å². The number of oxime groups is 1. The monoisotopic (exact) mass is 912 g/mol. The van der Waals surface area contributed by atoms with Crippen LogP contribution in [-0.2, 0) is 14.4 Å². The lowest BCUT2D eigenvalue weighted by atomic mass is 9.96. The molecular weight excluding hydrogens is 857 g/mol. The first kappa shape index (κ1) is 45.7. The molecule has 2 saturated carbocycles. The number of carboxylic acids is 1. The number of aliphatic carboxylic acids is 1. The number of carbonyl (C=O) groups excluding carboxylic acids is 2. The highest BCUT2D eigenvalue weighted by Crippen LogP contribution is 2.50. The lowest BCUT2D eigenvalue weighted by molar-refractivity contribution is -0.145. The number of hydrogen-bond acceptors (Lipinski definition) is 10. The van der Waals surface area contributed by atoms with Crippen LogP contribution in [0, 0.1) is 17.8 Å². The zero-order chi connectivity index (χ0) is 47.0. The minimum absolute atomic E-state index is 0.0238. The molecule has 11 rings (SSSR count). The van der Waals surface area contributed by atoms with Gasteiger partial charge in [-0.2, -0.15) is 4.98 Å². The Kier molecular flexibility index (Phi) is 14.1. The Labute approximate surface area is 394 Å². The summed E-state index contributed by atoms with van der Waals surface area (Å²) in [4.78, 5) is 53.4. The second kappa shape index (κ2) is 21.0. The molecule has 7 aromatic rings. The number of nitrogens with zero attached hydrogens (tertiary/aromatic N) is 7. The van der Waals surface area contributed by atoms with E-state index in [0.29, 0.717) is 85.5 Å². The summed E-state index contributed by atoms with van der Waals surface area (Å²) >= 11 is 0. The van der Waals surface area contributed by atoms with Crippen molar-refractivity contribution in [3.05, 3.63) is 156 Å². The standard InChI is InChI=1S/C27H26N4O2.C17H21NO3.C10H9N3O/c32-25(17-21-16-22(21)18-6-2-1-3-7-18)31-14-12-20(13-15-31)27-29-26(30-33-27)24-11-10-19-8-4-5-9-23(19)28-24;19-16(18-8-6-13(7-9-18)17(20)21)11-14-10-15(14)12-4-2-1-3-5-12;11-10(13-14)9-6-5-7-3-1-2-4-8(7)12-9/h1-11,20-22H,12-17H2;1-5,13-15H,6-11H2,(H,20,21);1-6,14H,(H2,11,13). The molecule has 4 aliphatic rings. The first-order valence-corrected chi connectivity index (χ1v) is 23.6. The van der Waals surface area contributed by atoms with E-state index in [1.54, 1.807) is 6.07 Å². The highest BCUT2D eigenvalue weighted by molar-refractivity contribution is 5.97. The van der Waals surface area contributed by atoms with Gasteiger partial charge >= 0.3 is 5.97 Å². The average molecular weight is 913 g/mol. The second-order valence-electron chi connectivity index (χ2n) is 18.3. The largest absolute Gasteiger partial charge is 0.481 e. The smallest absolute Gasteiger partial charge is 0.306 e. The number of amides is 2. The molecule has 348 valence electrons. The van der Waals surface area contributed by atoms with Crippen molar-refractivity contribution in [3.8, 4) is 11.5 Å². The first-order chi connectivity index (χ1) is 33.2. The summed E-state index contributed by atoms with van der Waals surface area (Å²) in [5, 5.41) is 26.7. The van der Waals surface area contributed by atoms with Crippen LogP contribution >= 0.6 is 0 Å². The van der Waals surface area contributed by atoms with Crippen LogP contribution in [0.15, 0.2) is 143 Å². The van der Waals surface area contributed by atoms with E-state index < -0.39 is 5.97 Å². The molecule has 2 aliphatic carbocycles. The summed E-state index contributed by atoms with van der Waals surface area (Å²) in [5.74, 6) is 2.91. The van der Waals surface area contributed by atoms with Gasteiger partial charge in [0.05, 0.1) is 17.0 Å². The number of rotatable bonds is 10. The molecule has 14 heteroatoms. The molecule has 4 aromatic carbocycles. The predicted octanol–water partition coefficient (Wildman–Crippen LogP) is 9.02. The van der Waals surface area contributed by atoms with Crippen LogP contribution in [-0.4, -0.2) is 90.0 Å². The number of para-hydroxylation sites is 2. The fourth-order valence-corrected chi connectivity index (χ4v) is 9.58. The van der Waals surface area contributed by atoms with Gasteiger partial charge in [0.15, 0.2) is 5.84 Å². The number of carboxylic acid groups (broad SMARTS) is 1. The summed E-state index contributed by atoms with van der Waals surface area (Å²) in [5.41, 5.74) is 11.1. The second-order valence-corrected chi connectivity index (χ2v) is 18.3. The van der Waals surface area contributed by atoms with Crippen molar-refractivity contribution >= 4 is 45.4 Å². The molecule has 68 heavy (non-hydrogen) atoms. The van der Waals surface area contributed by atoms with Gasteiger partial charge in [-0.15, -0.1) is 0 Å². The third kappa shape index (κ3) is 11.2. The Hall–Kier alpha value is -7.48. The zero-order valence-corrected chi connectivity index (χ0v) is 37.9. The van der Waals surface area contributed by atoms with Crippen molar-refractivity contribution in [2.24, 2.45) is 28.6 Å². The van der Waals surface area contributed by atoms with Crippen molar-refractivity contribution in [1.82, 2.24) is 29.9 Å². The molecule has 3 aromatic heterocycles. The number of likely N-dealkylation sites (tertiary alicyclic amines) is 2. The molecule has 4 atom stereocenters. The topological polar surface area (TPSA) is 201 Å². The zero-order valence-electron chi connectivity index (χ0n) is 37.9. The molecule has 5 heterocycles. The third-order valence-corrected chi connectivity index (χ3v) is 13.8.